The molecule has 0 saturated heterocycles. The molecule has 11 heteroatoms. The number of hydrogen-bond acceptors (Lipinski definition) is 5. The highest BCUT2D eigenvalue weighted by Gasteiger charge is 2.37. The molecule has 0 spiro atoms. The van der Waals surface area contributed by atoms with Gasteiger partial charge in [-0.3, -0.25) is 5.10 Å². The number of benzene rings is 1. The molecular weight excluding hydrogens is 409 g/mol. The molecule has 0 aliphatic carbocycles. The van der Waals surface area contributed by atoms with Crippen LogP contribution in [-0.2, 0) is 12.6 Å². The predicted molar refractivity (Wildman–Crippen MR) is 97.7 cm³/mol. The quantitative estimate of drug-likeness (QED) is 0.520. The Kier molecular flexibility index (Phi) is 4.71. The van der Waals surface area contributed by atoms with Crippen LogP contribution >= 0.6 is 11.6 Å². The maximum atomic E-state index is 13.1. The van der Waals surface area contributed by atoms with Gasteiger partial charge in [0, 0.05) is 29.3 Å². The number of hydrogen-bond donors (Lipinski definition) is 2. The Bertz CT molecular complexity index is 1150. The second-order valence-corrected chi connectivity index (χ2v) is 6.58. The van der Waals surface area contributed by atoms with Crippen LogP contribution in [0.5, 0.6) is 5.88 Å². The monoisotopic (exact) mass is 420 g/mol. The molecule has 2 N–H and O–H groups in total. The van der Waals surface area contributed by atoms with Crippen molar-refractivity contribution in [3.05, 3.63) is 70.6 Å². The zero-order valence-corrected chi connectivity index (χ0v) is 15.3. The lowest BCUT2D eigenvalue weighted by Crippen LogP contribution is -2.08. The normalized spacial score (nSPS) is 11.7. The summed E-state index contributed by atoms with van der Waals surface area (Å²) in [5.41, 5.74) is 0.176. The Morgan fingerprint density at radius 3 is 2.59 bits per heavy atom. The van der Waals surface area contributed by atoms with Crippen molar-refractivity contribution in [2.45, 2.75) is 12.6 Å². The summed E-state index contributed by atoms with van der Waals surface area (Å²) in [6.07, 6.45) is -2.90. The summed E-state index contributed by atoms with van der Waals surface area (Å²) < 4.78 is 40.4. The van der Waals surface area contributed by atoms with Crippen molar-refractivity contribution in [3.8, 4) is 23.0 Å². The molecule has 0 unspecified atom stereocenters. The topological polar surface area (TPSA) is 92.5 Å². The molecule has 3 aromatic heterocycles. The van der Waals surface area contributed by atoms with Crippen LogP contribution in [0.15, 0.2) is 48.7 Å². The standard InChI is InChI=1S/C18H12ClF3N6O/c19-12-3-1-10(2-4-12)7-13-9-15(29)28(26-13)14-8-11(5-6-23-14)16-17(18(20,21)22)25-27-24-16/h1-6,8-9,29H,7H2,(H,24,25,27). The molecule has 29 heavy (non-hydrogen) atoms. The van der Waals surface area contributed by atoms with Gasteiger partial charge in [-0.1, -0.05) is 28.9 Å². The van der Waals surface area contributed by atoms with Gasteiger partial charge in [0.2, 0.25) is 5.88 Å². The number of rotatable bonds is 4. The summed E-state index contributed by atoms with van der Waals surface area (Å²) >= 11 is 5.87. The van der Waals surface area contributed by atoms with Gasteiger partial charge >= 0.3 is 6.18 Å². The first kappa shape index (κ1) is 18.9. The van der Waals surface area contributed by atoms with Crippen molar-refractivity contribution in [1.82, 2.24) is 30.2 Å². The van der Waals surface area contributed by atoms with E-state index in [-0.39, 0.29) is 23.0 Å². The number of halogens is 4. The van der Waals surface area contributed by atoms with Gasteiger partial charge in [0.25, 0.3) is 0 Å². The van der Waals surface area contributed by atoms with E-state index in [0.717, 1.165) is 10.2 Å². The Morgan fingerprint density at radius 2 is 1.86 bits per heavy atom. The molecule has 0 radical (unpaired) electrons. The van der Waals surface area contributed by atoms with Crippen LogP contribution in [0.25, 0.3) is 17.1 Å². The Balaban J connectivity index is 1.66. The summed E-state index contributed by atoms with van der Waals surface area (Å²) in [4.78, 5) is 4.09. The molecule has 7 nitrogen and oxygen atoms in total. The number of alkyl halides is 3. The minimum absolute atomic E-state index is 0.130. The van der Waals surface area contributed by atoms with E-state index in [9.17, 15) is 18.3 Å². The molecule has 4 rings (SSSR count). The van der Waals surface area contributed by atoms with Crippen molar-refractivity contribution < 1.29 is 18.3 Å². The van der Waals surface area contributed by atoms with Gasteiger partial charge in [-0.2, -0.15) is 23.0 Å². The zero-order valence-electron chi connectivity index (χ0n) is 14.5. The Hall–Kier alpha value is -3.40. The van der Waals surface area contributed by atoms with Gasteiger partial charge in [-0.05, 0) is 29.8 Å². The minimum Gasteiger partial charge on any atom is -0.493 e. The van der Waals surface area contributed by atoms with E-state index in [4.69, 9.17) is 11.6 Å². The van der Waals surface area contributed by atoms with Gasteiger partial charge in [0.15, 0.2) is 11.5 Å². The Morgan fingerprint density at radius 1 is 1.10 bits per heavy atom. The number of H-pyrrole nitrogens is 1. The fraction of sp³-hybridized carbons (Fsp3) is 0.111. The van der Waals surface area contributed by atoms with Crippen molar-refractivity contribution in [2.75, 3.05) is 0 Å². The van der Waals surface area contributed by atoms with E-state index < -0.39 is 11.9 Å². The molecule has 0 atom stereocenters. The van der Waals surface area contributed by atoms with Crippen LogP contribution in [0.4, 0.5) is 13.2 Å². The van der Waals surface area contributed by atoms with Crippen molar-refractivity contribution >= 4 is 11.6 Å². The van der Waals surface area contributed by atoms with Crippen molar-refractivity contribution in [1.29, 1.82) is 0 Å². The lowest BCUT2D eigenvalue weighted by atomic mass is 10.1. The second kappa shape index (κ2) is 7.21. The van der Waals surface area contributed by atoms with E-state index in [2.05, 4.69) is 20.4 Å². The molecule has 0 aliphatic rings. The molecule has 0 saturated carbocycles. The SMILES string of the molecule is Oc1cc(Cc2ccc(Cl)cc2)nn1-c1cc(-c2nn[nH]c2C(F)(F)F)ccn1. The average Bonchev–Trinajstić information content (AvgIpc) is 3.30. The maximum absolute atomic E-state index is 13.1. The molecule has 3 heterocycles. The lowest BCUT2D eigenvalue weighted by molar-refractivity contribution is -0.140. The zero-order chi connectivity index (χ0) is 20.6. The third-order valence-corrected chi connectivity index (χ3v) is 4.36. The Labute approximate surface area is 166 Å². The van der Waals surface area contributed by atoms with Crippen molar-refractivity contribution in [3.63, 3.8) is 0 Å². The first-order valence-corrected chi connectivity index (χ1v) is 8.66. The highest BCUT2D eigenvalue weighted by Crippen LogP contribution is 2.34. The van der Waals surface area contributed by atoms with Crippen LogP contribution in [0.2, 0.25) is 5.02 Å². The third kappa shape index (κ3) is 3.92. The molecule has 1 aromatic carbocycles. The average molecular weight is 421 g/mol. The highest BCUT2D eigenvalue weighted by atomic mass is 35.5. The van der Waals surface area contributed by atoms with Gasteiger partial charge in [-0.25, -0.2) is 4.98 Å². The molecular formula is C18H12ClF3N6O. The summed E-state index contributed by atoms with van der Waals surface area (Å²) in [6.45, 7) is 0. The molecule has 0 fully saturated rings. The molecule has 0 aliphatic heterocycles. The van der Waals surface area contributed by atoms with Crippen LogP contribution in [0.3, 0.4) is 0 Å². The highest BCUT2D eigenvalue weighted by molar-refractivity contribution is 6.30. The number of aromatic hydroxyl groups is 1. The first-order chi connectivity index (χ1) is 13.8. The number of aromatic amines is 1. The van der Waals surface area contributed by atoms with Gasteiger partial charge in [0.05, 0.1) is 5.69 Å². The van der Waals surface area contributed by atoms with E-state index in [1.165, 1.54) is 24.4 Å². The number of aromatic nitrogens is 6. The smallest absolute Gasteiger partial charge is 0.435 e. The third-order valence-electron chi connectivity index (χ3n) is 4.11. The number of nitrogens with one attached hydrogen (secondary N) is 1. The lowest BCUT2D eigenvalue weighted by Gasteiger charge is -2.07. The first-order valence-electron chi connectivity index (χ1n) is 8.28. The fourth-order valence-electron chi connectivity index (χ4n) is 2.79. The summed E-state index contributed by atoms with van der Waals surface area (Å²) in [6, 6.07) is 11.3. The van der Waals surface area contributed by atoms with Crippen LogP contribution in [0.1, 0.15) is 17.0 Å². The van der Waals surface area contributed by atoms with E-state index >= 15 is 0 Å². The largest absolute Gasteiger partial charge is 0.493 e. The number of pyridine rings is 1. The summed E-state index contributed by atoms with van der Waals surface area (Å²) in [7, 11) is 0. The van der Waals surface area contributed by atoms with Crippen LogP contribution < -0.4 is 0 Å². The van der Waals surface area contributed by atoms with E-state index in [1.54, 1.807) is 12.1 Å². The van der Waals surface area contributed by atoms with Gasteiger partial charge in [0.1, 0.15) is 5.69 Å². The van der Waals surface area contributed by atoms with Gasteiger partial charge < -0.3 is 5.11 Å². The molecule has 0 amide bonds. The summed E-state index contributed by atoms with van der Waals surface area (Å²) in [5.74, 6) is -0.0618. The van der Waals surface area contributed by atoms with E-state index in [1.807, 2.05) is 17.2 Å². The maximum Gasteiger partial charge on any atom is 0.435 e. The van der Waals surface area contributed by atoms with Gasteiger partial charge in [-0.15, -0.1) is 5.10 Å². The summed E-state index contributed by atoms with van der Waals surface area (Å²) in [5, 5.41) is 23.8. The molecule has 148 valence electrons. The predicted octanol–water partition coefficient (Wildman–Crippen LogP) is 4.02. The fourth-order valence-corrected chi connectivity index (χ4v) is 2.92. The van der Waals surface area contributed by atoms with E-state index in [0.29, 0.717) is 17.1 Å². The van der Waals surface area contributed by atoms with Crippen molar-refractivity contribution in [2.24, 2.45) is 0 Å². The molecule has 4 aromatic rings. The minimum atomic E-state index is -4.64. The number of nitrogens with zero attached hydrogens (tertiary/aromatic N) is 5. The van der Waals surface area contributed by atoms with Crippen LogP contribution in [0, 0.1) is 0 Å². The van der Waals surface area contributed by atoms with Crippen LogP contribution in [-0.4, -0.2) is 35.3 Å². The second-order valence-electron chi connectivity index (χ2n) is 6.14. The molecule has 0 bridgehead atoms.